The molecular formula is C29H32BrN5O. The van der Waals surface area contributed by atoms with Gasteiger partial charge in [0.25, 0.3) is 0 Å². The lowest BCUT2D eigenvalue weighted by atomic mass is 10.0. The molecular weight excluding hydrogens is 514 g/mol. The molecule has 0 radical (unpaired) electrons. The standard InChI is InChI=1S/C29H32BrN5O/c1-20-6-8-25(15-32-20)34-12-4-5-26(19-34)35(16-22-10-11-31-21(2)13-22)18-23-17-33(3)28-14-24(30)7-9-27(28)29(23)36/h6-11,13-15,17,26H,4-5,12,16,18-19H2,1-3H3/t26-/m0/s1. The fraction of sp³-hybridized carbons (Fsp3) is 0.345. The number of piperidine rings is 1. The van der Waals surface area contributed by atoms with Gasteiger partial charge >= 0.3 is 0 Å². The Kier molecular flexibility index (Phi) is 7.21. The van der Waals surface area contributed by atoms with E-state index in [0.717, 1.165) is 70.5 Å². The number of rotatable bonds is 6. The zero-order valence-corrected chi connectivity index (χ0v) is 22.7. The molecule has 4 heterocycles. The highest BCUT2D eigenvalue weighted by Gasteiger charge is 2.27. The number of hydrogen-bond donors (Lipinski definition) is 0. The minimum Gasteiger partial charge on any atom is -0.369 e. The summed E-state index contributed by atoms with van der Waals surface area (Å²) in [5, 5.41) is 0.758. The molecule has 0 spiro atoms. The molecule has 0 N–H and O–H groups in total. The highest BCUT2D eigenvalue weighted by molar-refractivity contribution is 9.10. The molecule has 7 heteroatoms. The summed E-state index contributed by atoms with van der Waals surface area (Å²) in [6, 6.07) is 14.7. The molecule has 0 unspecified atom stereocenters. The van der Waals surface area contributed by atoms with Crippen LogP contribution in [0.3, 0.4) is 0 Å². The first-order chi connectivity index (χ1) is 17.4. The van der Waals surface area contributed by atoms with E-state index in [1.807, 2.05) is 57.7 Å². The van der Waals surface area contributed by atoms with Crippen molar-refractivity contribution >= 4 is 32.5 Å². The highest BCUT2D eigenvalue weighted by Crippen LogP contribution is 2.25. The van der Waals surface area contributed by atoms with Gasteiger partial charge in [0, 0.05) is 78.5 Å². The topological polar surface area (TPSA) is 54.3 Å². The van der Waals surface area contributed by atoms with Crippen molar-refractivity contribution in [2.24, 2.45) is 7.05 Å². The molecule has 0 saturated carbocycles. The van der Waals surface area contributed by atoms with Gasteiger partial charge in [0.2, 0.25) is 0 Å². The van der Waals surface area contributed by atoms with Gasteiger partial charge in [0.1, 0.15) is 0 Å². The first-order valence-corrected chi connectivity index (χ1v) is 13.3. The van der Waals surface area contributed by atoms with Crippen LogP contribution >= 0.6 is 15.9 Å². The highest BCUT2D eigenvalue weighted by atomic mass is 79.9. The summed E-state index contributed by atoms with van der Waals surface area (Å²) in [6.07, 6.45) is 8.06. The minimum absolute atomic E-state index is 0.113. The predicted molar refractivity (Wildman–Crippen MR) is 149 cm³/mol. The van der Waals surface area contributed by atoms with E-state index in [2.05, 4.69) is 64.5 Å². The summed E-state index contributed by atoms with van der Waals surface area (Å²) < 4.78 is 3.04. The first-order valence-electron chi connectivity index (χ1n) is 12.5. The molecule has 1 aliphatic rings. The lowest BCUT2D eigenvalue weighted by Gasteiger charge is -2.40. The minimum atomic E-state index is 0.113. The first kappa shape index (κ1) is 24.7. The second kappa shape index (κ2) is 10.5. The van der Waals surface area contributed by atoms with Gasteiger partial charge in [-0.25, -0.2) is 0 Å². The third-order valence-electron chi connectivity index (χ3n) is 7.12. The van der Waals surface area contributed by atoms with E-state index in [0.29, 0.717) is 12.6 Å². The summed E-state index contributed by atoms with van der Waals surface area (Å²) in [6.45, 7) is 7.35. The Labute approximate surface area is 220 Å². The van der Waals surface area contributed by atoms with Crippen LogP contribution in [0.1, 0.15) is 35.4 Å². The van der Waals surface area contributed by atoms with E-state index in [4.69, 9.17) is 0 Å². The Morgan fingerprint density at radius 2 is 1.92 bits per heavy atom. The van der Waals surface area contributed by atoms with Crippen molar-refractivity contribution in [3.63, 3.8) is 0 Å². The SMILES string of the molecule is Cc1ccc(N2CCC[C@H](N(Cc3ccnc(C)c3)Cc3cn(C)c4cc(Br)ccc4c3=O)C2)cn1. The van der Waals surface area contributed by atoms with Gasteiger partial charge in [0.15, 0.2) is 5.43 Å². The van der Waals surface area contributed by atoms with E-state index >= 15 is 0 Å². The number of pyridine rings is 3. The maximum Gasteiger partial charge on any atom is 0.193 e. The van der Waals surface area contributed by atoms with Crippen LogP contribution in [-0.2, 0) is 20.1 Å². The monoisotopic (exact) mass is 545 g/mol. The van der Waals surface area contributed by atoms with Gasteiger partial charge in [-0.2, -0.15) is 0 Å². The van der Waals surface area contributed by atoms with Crippen LogP contribution in [0.15, 0.2) is 70.3 Å². The van der Waals surface area contributed by atoms with Gasteiger partial charge in [0.05, 0.1) is 17.4 Å². The number of fused-ring (bicyclic) bond motifs is 1. The van der Waals surface area contributed by atoms with Gasteiger partial charge in [-0.1, -0.05) is 15.9 Å². The van der Waals surface area contributed by atoms with Crippen LogP contribution in [0.4, 0.5) is 5.69 Å². The van der Waals surface area contributed by atoms with Crippen molar-refractivity contribution in [1.29, 1.82) is 0 Å². The van der Waals surface area contributed by atoms with Crippen molar-refractivity contribution in [2.75, 3.05) is 18.0 Å². The van der Waals surface area contributed by atoms with E-state index in [-0.39, 0.29) is 5.43 Å². The molecule has 0 amide bonds. The Balaban J connectivity index is 1.48. The van der Waals surface area contributed by atoms with Crippen LogP contribution in [0.5, 0.6) is 0 Å². The van der Waals surface area contributed by atoms with Gasteiger partial charge in [-0.15, -0.1) is 0 Å². The smallest absolute Gasteiger partial charge is 0.193 e. The van der Waals surface area contributed by atoms with Gasteiger partial charge < -0.3 is 9.47 Å². The number of nitrogens with zero attached hydrogens (tertiary/aromatic N) is 5. The molecule has 1 aromatic carbocycles. The van der Waals surface area contributed by atoms with Crippen LogP contribution in [0.2, 0.25) is 0 Å². The largest absolute Gasteiger partial charge is 0.369 e. The number of aromatic nitrogens is 3. The molecule has 36 heavy (non-hydrogen) atoms. The van der Waals surface area contributed by atoms with Crippen LogP contribution < -0.4 is 10.3 Å². The lowest BCUT2D eigenvalue weighted by molar-refractivity contribution is 0.158. The summed E-state index contributed by atoms with van der Waals surface area (Å²) in [4.78, 5) is 27.4. The van der Waals surface area contributed by atoms with Gasteiger partial charge in [-0.05, 0) is 74.7 Å². The Morgan fingerprint density at radius 1 is 1.06 bits per heavy atom. The van der Waals surface area contributed by atoms with Crippen molar-refractivity contribution in [1.82, 2.24) is 19.4 Å². The van der Waals surface area contributed by atoms with E-state index in [1.165, 1.54) is 5.56 Å². The maximum atomic E-state index is 13.6. The summed E-state index contributed by atoms with van der Waals surface area (Å²) in [7, 11) is 2.01. The summed E-state index contributed by atoms with van der Waals surface area (Å²) in [5.41, 5.74) is 6.30. The summed E-state index contributed by atoms with van der Waals surface area (Å²) in [5.74, 6) is 0. The molecule has 186 valence electrons. The molecule has 1 saturated heterocycles. The second-order valence-corrected chi connectivity index (χ2v) is 10.8. The third-order valence-corrected chi connectivity index (χ3v) is 7.61. The average Bonchev–Trinajstić information content (AvgIpc) is 2.87. The van der Waals surface area contributed by atoms with Crippen LogP contribution in [-0.4, -0.2) is 38.6 Å². The maximum absolute atomic E-state index is 13.6. The molecule has 6 nitrogen and oxygen atoms in total. The van der Waals surface area contributed by atoms with Gasteiger partial charge in [-0.3, -0.25) is 19.7 Å². The molecule has 1 fully saturated rings. The fourth-order valence-corrected chi connectivity index (χ4v) is 5.59. The van der Waals surface area contributed by atoms with Crippen molar-refractivity contribution in [2.45, 2.75) is 45.8 Å². The number of anilines is 1. The zero-order valence-electron chi connectivity index (χ0n) is 21.1. The average molecular weight is 547 g/mol. The van der Waals surface area contributed by atoms with Crippen LogP contribution in [0, 0.1) is 13.8 Å². The van der Waals surface area contributed by atoms with Crippen LogP contribution in [0.25, 0.3) is 10.9 Å². The van der Waals surface area contributed by atoms with E-state index in [1.54, 1.807) is 0 Å². The van der Waals surface area contributed by atoms with Crippen molar-refractivity contribution < 1.29 is 0 Å². The Hall–Kier alpha value is -3.03. The molecule has 1 atom stereocenters. The van der Waals surface area contributed by atoms with E-state index < -0.39 is 0 Å². The van der Waals surface area contributed by atoms with Crippen molar-refractivity contribution in [3.05, 3.63) is 98.3 Å². The number of benzene rings is 1. The number of hydrogen-bond acceptors (Lipinski definition) is 5. The van der Waals surface area contributed by atoms with Crippen molar-refractivity contribution in [3.8, 4) is 0 Å². The number of halogens is 1. The quantitative estimate of drug-likeness (QED) is 0.325. The molecule has 0 bridgehead atoms. The molecule has 4 aromatic rings. The fourth-order valence-electron chi connectivity index (χ4n) is 5.24. The molecule has 0 aliphatic carbocycles. The third kappa shape index (κ3) is 5.37. The van der Waals surface area contributed by atoms with E-state index in [9.17, 15) is 4.79 Å². The molecule has 5 rings (SSSR count). The second-order valence-electron chi connectivity index (χ2n) is 9.87. The predicted octanol–water partition coefficient (Wildman–Crippen LogP) is 5.38. The zero-order chi connectivity index (χ0) is 25.2. The number of aryl methyl sites for hydroxylation is 3. The molecule has 1 aliphatic heterocycles. The summed E-state index contributed by atoms with van der Waals surface area (Å²) >= 11 is 3.54. The Bertz CT molecular complexity index is 1430. The normalized spacial score (nSPS) is 16.1. The lowest BCUT2D eigenvalue weighted by Crippen LogP contribution is -2.48. The molecule has 3 aromatic heterocycles. The Morgan fingerprint density at radius 3 is 2.69 bits per heavy atom.